The number of hydrogen-bond acceptors (Lipinski definition) is 2. The molecule has 0 fully saturated rings. The van der Waals surface area contributed by atoms with Crippen LogP contribution in [0.1, 0.15) is 39.7 Å². The molecule has 18 heavy (non-hydrogen) atoms. The number of nitrogens with one attached hydrogen (secondary N) is 1. The van der Waals surface area contributed by atoms with Gasteiger partial charge in [-0.3, -0.25) is 0 Å². The Labute approximate surface area is 111 Å². The van der Waals surface area contributed by atoms with Crippen molar-refractivity contribution in [3.63, 3.8) is 0 Å². The molecule has 100 valence electrons. The van der Waals surface area contributed by atoms with E-state index in [1.54, 1.807) is 12.1 Å². The van der Waals surface area contributed by atoms with E-state index < -0.39 is 0 Å². The minimum absolute atomic E-state index is 0.193. The smallest absolute Gasteiger partial charge is 0.115 e. The fourth-order valence-electron chi connectivity index (χ4n) is 1.77. The third-order valence-corrected chi connectivity index (χ3v) is 2.71. The van der Waals surface area contributed by atoms with E-state index in [4.69, 9.17) is 0 Å². The predicted molar refractivity (Wildman–Crippen MR) is 77.9 cm³/mol. The summed E-state index contributed by atoms with van der Waals surface area (Å²) >= 11 is 0. The van der Waals surface area contributed by atoms with Crippen LogP contribution in [0.2, 0.25) is 0 Å². The summed E-state index contributed by atoms with van der Waals surface area (Å²) in [6, 6.07) is 7.42. The first-order valence-corrected chi connectivity index (χ1v) is 6.55. The molecule has 0 aromatic heterocycles. The summed E-state index contributed by atoms with van der Waals surface area (Å²) in [7, 11) is 0. The second-order valence-corrected chi connectivity index (χ2v) is 5.86. The molecule has 0 saturated carbocycles. The van der Waals surface area contributed by atoms with Crippen molar-refractivity contribution in [3.05, 3.63) is 41.5 Å². The lowest BCUT2D eigenvalue weighted by Gasteiger charge is -2.19. The van der Waals surface area contributed by atoms with E-state index in [-0.39, 0.29) is 5.54 Å². The molecule has 0 spiro atoms. The maximum absolute atomic E-state index is 9.22. The Morgan fingerprint density at radius 1 is 1.22 bits per heavy atom. The van der Waals surface area contributed by atoms with Crippen LogP contribution in [-0.2, 0) is 6.42 Å². The molecule has 2 nitrogen and oxygen atoms in total. The third kappa shape index (κ3) is 6.45. The van der Waals surface area contributed by atoms with Gasteiger partial charge in [-0.05, 0) is 64.8 Å². The second kappa shape index (κ2) is 6.60. The summed E-state index contributed by atoms with van der Waals surface area (Å²) in [4.78, 5) is 0. The summed E-state index contributed by atoms with van der Waals surface area (Å²) in [6.07, 6.45) is 4.29. The molecule has 0 radical (unpaired) electrons. The van der Waals surface area contributed by atoms with Gasteiger partial charge in [-0.15, -0.1) is 0 Å². The zero-order valence-corrected chi connectivity index (χ0v) is 12.0. The minimum atomic E-state index is 0.193. The van der Waals surface area contributed by atoms with E-state index in [0.717, 1.165) is 19.4 Å². The van der Waals surface area contributed by atoms with Crippen LogP contribution in [-0.4, -0.2) is 17.2 Å². The fourth-order valence-corrected chi connectivity index (χ4v) is 1.77. The van der Waals surface area contributed by atoms with E-state index in [1.807, 2.05) is 12.1 Å². The average Bonchev–Trinajstić information content (AvgIpc) is 2.26. The molecule has 0 saturated heterocycles. The Balaban J connectivity index is 2.36. The normalized spacial score (nSPS) is 12.8. The van der Waals surface area contributed by atoms with E-state index in [1.165, 1.54) is 11.1 Å². The highest BCUT2D eigenvalue weighted by Crippen LogP contribution is 2.13. The Bertz CT molecular complexity index is 385. The molecule has 1 aromatic rings. The summed E-state index contributed by atoms with van der Waals surface area (Å²) in [6.45, 7) is 9.71. The topological polar surface area (TPSA) is 32.3 Å². The monoisotopic (exact) mass is 247 g/mol. The molecule has 0 bridgehead atoms. The maximum atomic E-state index is 9.22. The van der Waals surface area contributed by atoms with E-state index in [2.05, 4.69) is 39.1 Å². The van der Waals surface area contributed by atoms with Gasteiger partial charge in [-0.2, -0.15) is 0 Å². The van der Waals surface area contributed by atoms with Crippen LogP contribution in [0.25, 0.3) is 0 Å². The van der Waals surface area contributed by atoms with E-state index in [9.17, 15) is 5.11 Å². The van der Waals surface area contributed by atoms with Crippen LogP contribution in [0.3, 0.4) is 0 Å². The average molecular weight is 247 g/mol. The maximum Gasteiger partial charge on any atom is 0.115 e. The number of rotatable bonds is 5. The van der Waals surface area contributed by atoms with Crippen LogP contribution in [0.5, 0.6) is 5.75 Å². The number of phenolic OH excluding ortho intramolecular Hbond substituents is 1. The zero-order valence-electron chi connectivity index (χ0n) is 12.0. The number of hydrogen-bond donors (Lipinski definition) is 2. The Morgan fingerprint density at radius 2 is 1.83 bits per heavy atom. The van der Waals surface area contributed by atoms with Crippen molar-refractivity contribution >= 4 is 0 Å². The first-order chi connectivity index (χ1) is 8.37. The lowest BCUT2D eigenvalue weighted by Crippen LogP contribution is -2.36. The summed E-state index contributed by atoms with van der Waals surface area (Å²) in [5.41, 5.74) is 2.81. The minimum Gasteiger partial charge on any atom is -0.508 e. The molecular weight excluding hydrogens is 222 g/mol. The van der Waals surface area contributed by atoms with Gasteiger partial charge in [0.1, 0.15) is 5.75 Å². The first kappa shape index (κ1) is 14.8. The van der Waals surface area contributed by atoms with Gasteiger partial charge in [-0.1, -0.05) is 23.8 Å². The molecular formula is C16H25NO. The summed E-state index contributed by atoms with van der Waals surface area (Å²) in [5, 5.41) is 12.7. The third-order valence-electron chi connectivity index (χ3n) is 2.71. The molecule has 0 aliphatic carbocycles. The van der Waals surface area contributed by atoms with Gasteiger partial charge in [0.2, 0.25) is 0 Å². The van der Waals surface area contributed by atoms with Gasteiger partial charge in [0.05, 0.1) is 0 Å². The van der Waals surface area contributed by atoms with Crippen LogP contribution in [0.4, 0.5) is 0 Å². The van der Waals surface area contributed by atoms with E-state index >= 15 is 0 Å². The van der Waals surface area contributed by atoms with Crippen molar-refractivity contribution in [3.8, 4) is 5.75 Å². The molecule has 0 unspecified atom stereocenters. The lowest BCUT2D eigenvalue weighted by atomic mass is 10.0. The van der Waals surface area contributed by atoms with Gasteiger partial charge in [-0.25, -0.2) is 0 Å². The molecule has 2 heteroatoms. The number of phenols is 1. The van der Waals surface area contributed by atoms with Gasteiger partial charge < -0.3 is 10.4 Å². The van der Waals surface area contributed by atoms with Crippen molar-refractivity contribution in [2.24, 2.45) is 0 Å². The van der Waals surface area contributed by atoms with Crippen LogP contribution in [0, 0.1) is 0 Å². The Hall–Kier alpha value is -1.28. The largest absolute Gasteiger partial charge is 0.508 e. The van der Waals surface area contributed by atoms with Crippen molar-refractivity contribution in [2.45, 2.75) is 46.1 Å². The first-order valence-electron chi connectivity index (χ1n) is 6.55. The predicted octanol–water partition coefficient (Wildman–Crippen LogP) is 3.66. The summed E-state index contributed by atoms with van der Waals surface area (Å²) < 4.78 is 0. The van der Waals surface area contributed by atoms with E-state index in [0.29, 0.717) is 5.75 Å². The number of benzene rings is 1. The van der Waals surface area contributed by atoms with Crippen molar-refractivity contribution in [2.75, 3.05) is 6.54 Å². The fraction of sp³-hybridized carbons (Fsp3) is 0.500. The molecule has 1 rings (SSSR count). The van der Waals surface area contributed by atoms with Crippen molar-refractivity contribution < 1.29 is 5.11 Å². The highest BCUT2D eigenvalue weighted by atomic mass is 16.3. The van der Waals surface area contributed by atoms with Crippen LogP contribution < -0.4 is 5.32 Å². The second-order valence-electron chi connectivity index (χ2n) is 5.86. The molecule has 0 heterocycles. The Kier molecular flexibility index (Phi) is 5.42. The molecule has 0 amide bonds. The van der Waals surface area contributed by atoms with Gasteiger partial charge in [0.15, 0.2) is 0 Å². The summed E-state index contributed by atoms with van der Waals surface area (Å²) in [5.74, 6) is 0.328. The molecule has 0 atom stereocenters. The number of aromatic hydroxyl groups is 1. The SMILES string of the molecule is CC(=CCCNC(C)(C)C)Cc1ccc(O)cc1. The molecule has 1 aromatic carbocycles. The zero-order chi connectivity index (χ0) is 13.6. The lowest BCUT2D eigenvalue weighted by molar-refractivity contribution is 0.431. The van der Waals surface area contributed by atoms with Crippen molar-refractivity contribution in [1.29, 1.82) is 0 Å². The van der Waals surface area contributed by atoms with Crippen LogP contribution >= 0.6 is 0 Å². The number of allylic oxidation sites excluding steroid dienone is 1. The van der Waals surface area contributed by atoms with Crippen LogP contribution in [0.15, 0.2) is 35.9 Å². The highest BCUT2D eigenvalue weighted by molar-refractivity contribution is 5.28. The van der Waals surface area contributed by atoms with Gasteiger partial charge in [0, 0.05) is 5.54 Å². The highest BCUT2D eigenvalue weighted by Gasteiger charge is 2.06. The van der Waals surface area contributed by atoms with Gasteiger partial charge in [0.25, 0.3) is 0 Å². The Morgan fingerprint density at radius 3 is 2.39 bits per heavy atom. The molecule has 0 aliphatic heterocycles. The molecule has 2 N–H and O–H groups in total. The molecule has 0 aliphatic rings. The van der Waals surface area contributed by atoms with Gasteiger partial charge >= 0.3 is 0 Å². The standard InChI is InChI=1S/C16H25NO/c1-13(6-5-11-17-16(2,3)4)12-14-7-9-15(18)10-8-14/h6-10,17-18H,5,11-12H2,1-4H3. The quantitative estimate of drug-likeness (QED) is 0.615. The van der Waals surface area contributed by atoms with Crippen molar-refractivity contribution in [1.82, 2.24) is 5.32 Å².